The largest absolute Gasteiger partial charge is 0.385 e. The van der Waals surface area contributed by atoms with Crippen LogP contribution in [0.3, 0.4) is 0 Å². The van der Waals surface area contributed by atoms with Crippen LogP contribution in [0.2, 0.25) is 0 Å². The van der Waals surface area contributed by atoms with Crippen LogP contribution in [0.5, 0.6) is 0 Å². The zero-order valence-corrected chi connectivity index (χ0v) is 10.6. The highest BCUT2D eigenvalue weighted by Gasteiger charge is 2.15. The predicted octanol–water partition coefficient (Wildman–Crippen LogP) is 2.77. The summed E-state index contributed by atoms with van der Waals surface area (Å²) in [6.07, 6.45) is 1.75. The fourth-order valence-corrected chi connectivity index (χ4v) is 1.70. The molecule has 1 aromatic carbocycles. The molecule has 0 atom stereocenters. The minimum absolute atomic E-state index is 0.0453. The minimum Gasteiger partial charge on any atom is -0.385 e. The molecule has 0 bridgehead atoms. The SMILES string of the molecule is C=CCN(CC)C(=O)c1ccccc1NCC. The lowest BCUT2D eigenvalue weighted by Crippen LogP contribution is -2.31. The van der Waals surface area contributed by atoms with Crippen LogP contribution in [0, 0.1) is 0 Å². The van der Waals surface area contributed by atoms with Crippen LogP contribution in [0.4, 0.5) is 5.69 Å². The minimum atomic E-state index is 0.0453. The van der Waals surface area contributed by atoms with Gasteiger partial charge in [-0.1, -0.05) is 18.2 Å². The molecule has 0 saturated heterocycles. The van der Waals surface area contributed by atoms with E-state index in [1.807, 2.05) is 38.1 Å². The number of carbonyl (C=O) groups is 1. The monoisotopic (exact) mass is 232 g/mol. The van der Waals surface area contributed by atoms with E-state index in [1.54, 1.807) is 11.0 Å². The van der Waals surface area contributed by atoms with Crippen LogP contribution < -0.4 is 5.32 Å². The summed E-state index contributed by atoms with van der Waals surface area (Å²) in [5.41, 5.74) is 1.61. The molecule has 0 aliphatic heterocycles. The van der Waals surface area contributed by atoms with E-state index < -0.39 is 0 Å². The Hall–Kier alpha value is -1.77. The number of anilines is 1. The van der Waals surface area contributed by atoms with Crippen molar-refractivity contribution in [2.45, 2.75) is 13.8 Å². The van der Waals surface area contributed by atoms with Crippen molar-refractivity contribution < 1.29 is 4.79 Å². The average molecular weight is 232 g/mol. The normalized spacial score (nSPS) is 9.76. The standard InChI is InChI=1S/C14H20N2O/c1-4-11-16(6-3)14(17)12-9-7-8-10-13(12)15-5-2/h4,7-10,15H,1,5-6,11H2,2-3H3. The predicted molar refractivity (Wildman–Crippen MR) is 72.4 cm³/mol. The Morgan fingerprint density at radius 1 is 1.41 bits per heavy atom. The molecule has 0 aliphatic carbocycles. The molecule has 17 heavy (non-hydrogen) atoms. The smallest absolute Gasteiger partial charge is 0.256 e. The maximum Gasteiger partial charge on any atom is 0.256 e. The molecule has 0 radical (unpaired) electrons. The molecule has 0 aliphatic rings. The Morgan fingerprint density at radius 3 is 2.71 bits per heavy atom. The molecule has 1 rings (SSSR count). The quantitative estimate of drug-likeness (QED) is 0.765. The first kappa shape index (κ1) is 13.3. The van der Waals surface area contributed by atoms with E-state index in [2.05, 4.69) is 11.9 Å². The Kier molecular flexibility index (Phi) is 5.27. The number of hydrogen-bond acceptors (Lipinski definition) is 2. The second-order valence-electron chi connectivity index (χ2n) is 3.71. The number of carbonyl (C=O) groups excluding carboxylic acids is 1. The average Bonchev–Trinajstić information content (AvgIpc) is 2.36. The Balaban J connectivity index is 2.97. The zero-order chi connectivity index (χ0) is 12.7. The maximum absolute atomic E-state index is 12.3. The topological polar surface area (TPSA) is 32.3 Å². The summed E-state index contributed by atoms with van der Waals surface area (Å²) in [6.45, 7) is 9.73. The van der Waals surface area contributed by atoms with Gasteiger partial charge in [0.1, 0.15) is 0 Å². The lowest BCUT2D eigenvalue weighted by Gasteiger charge is -2.20. The lowest BCUT2D eigenvalue weighted by atomic mass is 10.1. The lowest BCUT2D eigenvalue weighted by molar-refractivity contribution is 0.0783. The number of hydrogen-bond donors (Lipinski definition) is 1. The molecule has 1 amide bonds. The van der Waals surface area contributed by atoms with E-state index in [4.69, 9.17) is 0 Å². The van der Waals surface area contributed by atoms with Gasteiger partial charge in [-0.2, -0.15) is 0 Å². The van der Waals surface area contributed by atoms with E-state index in [9.17, 15) is 4.79 Å². The fraction of sp³-hybridized carbons (Fsp3) is 0.357. The zero-order valence-electron chi connectivity index (χ0n) is 10.6. The highest BCUT2D eigenvalue weighted by Crippen LogP contribution is 2.17. The molecule has 1 aromatic rings. The third kappa shape index (κ3) is 3.34. The Labute approximate surface area is 103 Å². The van der Waals surface area contributed by atoms with Gasteiger partial charge >= 0.3 is 0 Å². The van der Waals surface area contributed by atoms with Gasteiger partial charge in [0.15, 0.2) is 0 Å². The van der Waals surface area contributed by atoms with Crippen molar-refractivity contribution in [1.82, 2.24) is 4.90 Å². The summed E-state index contributed by atoms with van der Waals surface area (Å²) in [7, 11) is 0. The highest BCUT2D eigenvalue weighted by molar-refractivity contribution is 5.99. The fourth-order valence-electron chi connectivity index (χ4n) is 1.70. The first-order valence-corrected chi connectivity index (χ1v) is 5.97. The van der Waals surface area contributed by atoms with Crippen LogP contribution in [0.15, 0.2) is 36.9 Å². The van der Waals surface area contributed by atoms with E-state index >= 15 is 0 Å². The van der Waals surface area contributed by atoms with Gasteiger partial charge in [0.05, 0.1) is 5.56 Å². The molecular weight excluding hydrogens is 212 g/mol. The van der Waals surface area contributed by atoms with Crippen LogP contribution in [-0.4, -0.2) is 30.4 Å². The van der Waals surface area contributed by atoms with Gasteiger partial charge in [-0.15, -0.1) is 6.58 Å². The molecule has 92 valence electrons. The van der Waals surface area contributed by atoms with Gasteiger partial charge in [0.25, 0.3) is 5.91 Å². The molecule has 0 heterocycles. The first-order chi connectivity index (χ1) is 8.24. The molecule has 0 spiro atoms. The van der Waals surface area contributed by atoms with Gasteiger partial charge in [-0.3, -0.25) is 4.79 Å². The third-order valence-electron chi connectivity index (χ3n) is 2.54. The van der Waals surface area contributed by atoms with Crippen molar-refractivity contribution in [3.63, 3.8) is 0 Å². The van der Waals surface area contributed by atoms with Crippen LogP contribution in [0.1, 0.15) is 24.2 Å². The number of nitrogens with zero attached hydrogens (tertiary/aromatic N) is 1. The second-order valence-corrected chi connectivity index (χ2v) is 3.71. The Bertz CT molecular complexity index is 388. The van der Waals surface area contributed by atoms with Crippen molar-refractivity contribution in [2.24, 2.45) is 0 Å². The van der Waals surface area contributed by atoms with Crippen LogP contribution in [0.25, 0.3) is 0 Å². The highest BCUT2D eigenvalue weighted by atomic mass is 16.2. The summed E-state index contributed by atoms with van der Waals surface area (Å²) in [5.74, 6) is 0.0453. The number of para-hydroxylation sites is 1. The van der Waals surface area contributed by atoms with Gasteiger partial charge in [0.2, 0.25) is 0 Å². The summed E-state index contributed by atoms with van der Waals surface area (Å²) in [6, 6.07) is 7.60. The molecule has 0 saturated carbocycles. The van der Waals surface area contributed by atoms with Crippen molar-refractivity contribution in [1.29, 1.82) is 0 Å². The summed E-state index contributed by atoms with van der Waals surface area (Å²) in [4.78, 5) is 14.1. The van der Waals surface area contributed by atoms with Crippen molar-refractivity contribution in [2.75, 3.05) is 25.0 Å². The number of nitrogens with one attached hydrogen (secondary N) is 1. The number of amides is 1. The van der Waals surface area contributed by atoms with E-state index in [-0.39, 0.29) is 5.91 Å². The van der Waals surface area contributed by atoms with E-state index in [0.29, 0.717) is 13.1 Å². The second kappa shape index (κ2) is 6.74. The summed E-state index contributed by atoms with van der Waals surface area (Å²) < 4.78 is 0. The summed E-state index contributed by atoms with van der Waals surface area (Å²) >= 11 is 0. The number of rotatable bonds is 6. The van der Waals surface area contributed by atoms with Gasteiger partial charge < -0.3 is 10.2 Å². The van der Waals surface area contributed by atoms with Gasteiger partial charge in [-0.25, -0.2) is 0 Å². The van der Waals surface area contributed by atoms with E-state index in [0.717, 1.165) is 17.8 Å². The summed E-state index contributed by atoms with van der Waals surface area (Å²) in [5, 5.41) is 3.20. The molecule has 0 fully saturated rings. The van der Waals surface area contributed by atoms with Crippen molar-refractivity contribution in [3.8, 4) is 0 Å². The molecular formula is C14H20N2O. The van der Waals surface area contributed by atoms with Gasteiger partial charge in [0, 0.05) is 25.3 Å². The maximum atomic E-state index is 12.3. The molecule has 3 heteroatoms. The molecule has 3 nitrogen and oxygen atoms in total. The van der Waals surface area contributed by atoms with E-state index in [1.165, 1.54) is 0 Å². The molecule has 0 aromatic heterocycles. The molecule has 1 N–H and O–H groups in total. The molecule has 0 unspecified atom stereocenters. The van der Waals surface area contributed by atoms with Crippen molar-refractivity contribution in [3.05, 3.63) is 42.5 Å². The number of benzene rings is 1. The first-order valence-electron chi connectivity index (χ1n) is 5.97. The third-order valence-corrected chi connectivity index (χ3v) is 2.54. The van der Waals surface area contributed by atoms with Gasteiger partial charge in [-0.05, 0) is 26.0 Å². The van der Waals surface area contributed by atoms with Crippen molar-refractivity contribution >= 4 is 11.6 Å². The van der Waals surface area contributed by atoms with Crippen LogP contribution in [-0.2, 0) is 0 Å². The number of likely N-dealkylation sites (N-methyl/N-ethyl adjacent to an activating group) is 1. The Morgan fingerprint density at radius 2 is 2.12 bits per heavy atom. The van der Waals surface area contributed by atoms with Crippen LogP contribution >= 0.6 is 0 Å².